The largest absolute Gasteiger partial charge is 0.441 e. The highest BCUT2D eigenvalue weighted by Gasteiger charge is 2.38. The third-order valence-corrected chi connectivity index (χ3v) is 5.05. The Morgan fingerprint density at radius 3 is 2.88 bits per heavy atom. The van der Waals surface area contributed by atoms with Gasteiger partial charge in [0.15, 0.2) is 0 Å². The Morgan fingerprint density at radius 2 is 2.27 bits per heavy atom. The molecule has 26 heavy (non-hydrogen) atoms. The van der Waals surface area contributed by atoms with Crippen molar-refractivity contribution in [1.82, 2.24) is 10.3 Å². The maximum Gasteiger partial charge on any atom is 0.405 e. The van der Waals surface area contributed by atoms with E-state index in [0.29, 0.717) is 36.7 Å². The fourth-order valence-corrected chi connectivity index (χ4v) is 3.41. The van der Waals surface area contributed by atoms with Crippen LogP contribution in [-0.4, -0.2) is 41.7 Å². The van der Waals surface area contributed by atoms with E-state index in [1.54, 1.807) is 13.0 Å². The lowest BCUT2D eigenvalue weighted by molar-refractivity contribution is 0.0480. The summed E-state index contributed by atoms with van der Waals surface area (Å²) in [6.45, 7) is 4.78. The number of primary amides is 1. The Labute approximate surface area is 152 Å². The SMILES string of the molecule is CC(NC(=O)c1cnc(C#N)cc1N1CC[C@](C)(OC(N)=O)C1)C1CC1. The van der Waals surface area contributed by atoms with E-state index in [1.807, 2.05) is 17.9 Å². The molecule has 8 heteroatoms. The zero-order valence-corrected chi connectivity index (χ0v) is 15.0. The van der Waals surface area contributed by atoms with Crippen molar-refractivity contribution in [2.24, 2.45) is 11.7 Å². The molecule has 3 N–H and O–H groups in total. The molecule has 0 spiro atoms. The van der Waals surface area contributed by atoms with Gasteiger partial charge in [-0.1, -0.05) is 0 Å². The molecule has 1 saturated carbocycles. The number of aromatic nitrogens is 1. The number of carbonyl (C=O) groups is 2. The first-order valence-electron chi connectivity index (χ1n) is 8.76. The smallest absolute Gasteiger partial charge is 0.405 e. The number of anilines is 1. The van der Waals surface area contributed by atoms with E-state index in [2.05, 4.69) is 10.3 Å². The number of rotatable bonds is 5. The van der Waals surface area contributed by atoms with Crippen LogP contribution in [0.15, 0.2) is 12.3 Å². The van der Waals surface area contributed by atoms with Crippen LogP contribution in [0.25, 0.3) is 0 Å². The summed E-state index contributed by atoms with van der Waals surface area (Å²) in [6.07, 6.45) is 3.47. The van der Waals surface area contributed by atoms with E-state index in [4.69, 9.17) is 15.7 Å². The molecule has 2 atom stereocenters. The fourth-order valence-electron chi connectivity index (χ4n) is 3.41. The van der Waals surface area contributed by atoms with Gasteiger partial charge in [-0.3, -0.25) is 4.79 Å². The molecule has 1 aliphatic carbocycles. The van der Waals surface area contributed by atoms with Crippen LogP contribution in [0.1, 0.15) is 49.2 Å². The third-order valence-electron chi connectivity index (χ3n) is 5.05. The molecule has 1 aromatic heterocycles. The second-order valence-corrected chi connectivity index (χ2v) is 7.34. The first-order valence-corrected chi connectivity index (χ1v) is 8.76. The molecular weight excluding hydrogens is 334 g/mol. The number of hydrogen-bond acceptors (Lipinski definition) is 6. The van der Waals surface area contributed by atoms with Gasteiger partial charge < -0.3 is 20.7 Å². The summed E-state index contributed by atoms with van der Waals surface area (Å²) < 4.78 is 5.23. The Balaban J connectivity index is 1.84. The average molecular weight is 357 g/mol. The van der Waals surface area contributed by atoms with Crippen molar-refractivity contribution in [3.8, 4) is 6.07 Å². The highest BCUT2D eigenvalue weighted by molar-refractivity contribution is 6.00. The van der Waals surface area contributed by atoms with Gasteiger partial charge in [0, 0.05) is 25.2 Å². The van der Waals surface area contributed by atoms with Crippen molar-refractivity contribution in [2.75, 3.05) is 18.0 Å². The molecule has 8 nitrogen and oxygen atoms in total. The van der Waals surface area contributed by atoms with Crippen LogP contribution in [0.5, 0.6) is 0 Å². The van der Waals surface area contributed by atoms with Crippen LogP contribution in [0, 0.1) is 17.2 Å². The van der Waals surface area contributed by atoms with Crippen molar-refractivity contribution in [3.63, 3.8) is 0 Å². The van der Waals surface area contributed by atoms with Crippen molar-refractivity contribution >= 4 is 17.7 Å². The molecule has 138 valence electrons. The maximum absolute atomic E-state index is 12.7. The summed E-state index contributed by atoms with van der Waals surface area (Å²) in [6, 6.07) is 3.71. The molecule has 1 saturated heterocycles. The molecule has 3 rings (SSSR count). The van der Waals surface area contributed by atoms with Gasteiger partial charge in [0.25, 0.3) is 5.91 Å². The van der Waals surface area contributed by atoms with Gasteiger partial charge in [-0.15, -0.1) is 0 Å². The molecule has 2 aliphatic rings. The molecule has 0 aromatic carbocycles. The van der Waals surface area contributed by atoms with Crippen LogP contribution in [0.3, 0.4) is 0 Å². The quantitative estimate of drug-likeness (QED) is 0.824. The lowest BCUT2D eigenvalue weighted by Gasteiger charge is -2.26. The second-order valence-electron chi connectivity index (χ2n) is 7.34. The first-order chi connectivity index (χ1) is 12.3. The van der Waals surface area contributed by atoms with Gasteiger partial charge in [0.1, 0.15) is 17.4 Å². The predicted molar refractivity (Wildman–Crippen MR) is 94.5 cm³/mol. The van der Waals surface area contributed by atoms with Crippen LogP contribution >= 0.6 is 0 Å². The van der Waals surface area contributed by atoms with Gasteiger partial charge in [-0.05, 0) is 38.7 Å². The van der Waals surface area contributed by atoms with E-state index >= 15 is 0 Å². The fraction of sp³-hybridized carbons (Fsp3) is 0.556. The number of nitrogens with one attached hydrogen (secondary N) is 1. The maximum atomic E-state index is 12.7. The molecule has 1 aromatic rings. The third kappa shape index (κ3) is 3.87. The summed E-state index contributed by atoms with van der Waals surface area (Å²) in [5.41, 5.74) is 5.70. The molecule has 0 radical (unpaired) electrons. The van der Waals surface area contributed by atoms with Crippen molar-refractivity contribution in [1.29, 1.82) is 5.26 Å². The normalized spacial score (nSPS) is 23.2. The van der Waals surface area contributed by atoms with Crippen molar-refractivity contribution < 1.29 is 14.3 Å². The summed E-state index contributed by atoms with van der Waals surface area (Å²) >= 11 is 0. The number of nitrogens with two attached hydrogens (primary N) is 1. The molecule has 2 amide bonds. The molecule has 2 fully saturated rings. The lowest BCUT2D eigenvalue weighted by Crippen LogP contribution is -2.38. The minimum Gasteiger partial charge on any atom is -0.441 e. The zero-order valence-electron chi connectivity index (χ0n) is 15.0. The number of carbonyl (C=O) groups excluding carboxylic acids is 2. The molecule has 1 aliphatic heterocycles. The van der Waals surface area contributed by atoms with Crippen LogP contribution in [0.2, 0.25) is 0 Å². The zero-order chi connectivity index (χ0) is 18.9. The highest BCUT2D eigenvalue weighted by atomic mass is 16.6. The Bertz CT molecular complexity index is 771. The van der Waals surface area contributed by atoms with Crippen molar-refractivity contribution in [2.45, 2.75) is 44.8 Å². The van der Waals surface area contributed by atoms with Gasteiger partial charge in [-0.25, -0.2) is 9.78 Å². The number of ether oxygens (including phenoxy) is 1. The summed E-state index contributed by atoms with van der Waals surface area (Å²) in [5.74, 6) is 0.327. The monoisotopic (exact) mass is 357 g/mol. The van der Waals surface area contributed by atoms with Gasteiger partial charge >= 0.3 is 6.09 Å². The van der Waals surface area contributed by atoms with Crippen molar-refractivity contribution in [3.05, 3.63) is 23.5 Å². The number of nitrogens with zero attached hydrogens (tertiary/aromatic N) is 3. The minimum absolute atomic E-state index is 0.105. The topological polar surface area (TPSA) is 121 Å². The summed E-state index contributed by atoms with van der Waals surface area (Å²) in [4.78, 5) is 29.9. The van der Waals surface area contributed by atoms with E-state index in [0.717, 1.165) is 12.8 Å². The van der Waals surface area contributed by atoms with E-state index < -0.39 is 11.7 Å². The summed E-state index contributed by atoms with van der Waals surface area (Å²) in [7, 11) is 0. The Kier molecular flexibility index (Phi) is 4.72. The Hall–Kier alpha value is -2.82. The predicted octanol–water partition coefficient (Wildman–Crippen LogP) is 1.55. The molecular formula is C18H23N5O3. The Morgan fingerprint density at radius 1 is 1.54 bits per heavy atom. The number of nitriles is 1. The number of pyridine rings is 1. The highest BCUT2D eigenvalue weighted by Crippen LogP contribution is 2.34. The summed E-state index contributed by atoms with van der Waals surface area (Å²) in [5, 5.41) is 12.2. The van der Waals surface area contributed by atoms with Gasteiger partial charge in [0.05, 0.1) is 17.8 Å². The van der Waals surface area contributed by atoms with Crippen LogP contribution in [-0.2, 0) is 4.74 Å². The lowest BCUT2D eigenvalue weighted by atomic mass is 10.1. The van der Waals surface area contributed by atoms with E-state index in [9.17, 15) is 9.59 Å². The second kappa shape index (κ2) is 6.83. The number of amides is 2. The molecule has 2 heterocycles. The van der Waals surface area contributed by atoms with Crippen LogP contribution in [0.4, 0.5) is 10.5 Å². The van der Waals surface area contributed by atoms with E-state index in [1.165, 1.54) is 6.20 Å². The van der Waals surface area contributed by atoms with Gasteiger partial charge in [0.2, 0.25) is 0 Å². The molecule has 0 bridgehead atoms. The minimum atomic E-state index is -0.821. The van der Waals surface area contributed by atoms with Crippen LogP contribution < -0.4 is 16.0 Å². The van der Waals surface area contributed by atoms with Gasteiger partial charge in [-0.2, -0.15) is 5.26 Å². The molecule has 1 unspecified atom stereocenters. The first kappa shape index (κ1) is 18.0. The number of hydrogen-bond donors (Lipinski definition) is 2. The van der Waals surface area contributed by atoms with E-state index in [-0.39, 0.29) is 17.6 Å². The average Bonchev–Trinajstić information content (AvgIpc) is 3.37. The standard InChI is InChI=1S/C18H23N5O3/c1-11(12-3-4-12)22-16(24)14-9-21-13(8-19)7-15(14)23-6-5-18(2,10-23)26-17(20)25/h7,9,11-12H,3-6,10H2,1-2H3,(H2,20,25)(H,22,24)/t11?,18-/m0/s1.